The van der Waals surface area contributed by atoms with E-state index in [1.807, 2.05) is 0 Å². The third kappa shape index (κ3) is 3.03. The number of rotatable bonds is 4. The van der Waals surface area contributed by atoms with Crippen molar-refractivity contribution < 1.29 is 0 Å². The fourth-order valence-corrected chi connectivity index (χ4v) is 4.84. The van der Waals surface area contributed by atoms with E-state index in [-0.39, 0.29) is 0 Å². The predicted octanol–water partition coefficient (Wildman–Crippen LogP) is 2.82. The summed E-state index contributed by atoms with van der Waals surface area (Å²) in [5, 5.41) is 1.47. The summed E-state index contributed by atoms with van der Waals surface area (Å²) in [5.74, 6) is 0. The van der Waals surface area contributed by atoms with Crippen LogP contribution in [0.4, 0.5) is 0 Å². The van der Waals surface area contributed by atoms with E-state index in [4.69, 9.17) is 0 Å². The van der Waals surface area contributed by atoms with Gasteiger partial charge in [-0.05, 0) is 0 Å². The van der Waals surface area contributed by atoms with E-state index in [9.17, 15) is 0 Å². The van der Waals surface area contributed by atoms with E-state index in [0.29, 0.717) is 0 Å². The number of unbranched alkanes of at least 4 members (excludes halogenated alkanes) is 1. The van der Waals surface area contributed by atoms with Gasteiger partial charge in [-0.15, -0.1) is 0 Å². The summed E-state index contributed by atoms with van der Waals surface area (Å²) in [7, 11) is 0. The van der Waals surface area contributed by atoms with Crippen molar-refractivity contribution in [2.45, 2.75) is 30.7 Å². The molecule has 0 aliphatic carbocycles. The van der Waals surface area contributed by atoms with Crippen LogP contribution in [0.25, 0.3) is 0 Å². The van der Waals surface area contributed by atoms with E-state index in [2.05, 4.69) is 43.0 Å². The van der Waals surface area contributed by atoms with Crippen LogP contribution < -0.4 is 4.35 Å². The molecular weight excluding hydrogens is 207 g/mol. The van der Waals surface area contributed by atoms with Crippen LogP contribution in [0.1, 0.15) is 19.8 Å². The van der Waals surface area contributed by atoms with Crippen LogP contribution in [-0.4, -0.2) is 14.7 Å². The van der Waals surface area contributed by atoms with Crippen LogP contribution in [0.2, 0.25) is 10.9 Å². The number of hydrogen-bond donors (Lipinski definition) is 0. The summed E-state index contributed by atoms with van der Waals surface area (Å²) in [6.07, 6.45) is 2.75. The Morgan fingerprint density at radius 3 is 2.42 bits per heavy atom. The normalized spacial score (nSPS) is 12.8. The SMILES string of the molecule is CCCC[As](C)c1ccccc1. The fourth-order valence-electron chi connectivity index (χ4n) is 1.21. The van der Waals surface area contributed by atoms with Crippen molar-refractivity contribution in [2.24, 2.45) is 0 Å². The first-order valence-corrected chi connectivity index (χ1v) is 8.75. The standard InChI is InChI=1S/C11H17As/c1-3-4-10-12(2)11-8-6-5-7-9-11/h5-9H,3-4,10H2,1-2H3. The molecule has 0 nitrogen and oxygen atoms in total. The molecule has 1 heteroatoms. The molecule has 0 aliphatic rings. The zero-order valence-electron chi connectivity index (χ0n) is 7.96. The Balaban J connectivity index is 2.48. The Bertz CT molecular complexity index is 206. The van der Waals surface area contributed by atoms with Crippen molar-refractivity contribution in [3.8, 4) is 0 Å². The first kappa shape index (κ1) is 9.86. The molecule has 1 unspecified atom stereocenters. The van der Waals surface area contributed by atoms with Gasteiger partial charge < -0.3 is 0 Å². The molecule has 66 valence electrons. The van der Waals surface area contributed by atoms with Crippen LogP contribution in [0.5, 0.6) is 0 Å². The van der Waals surface area contributed by atoms with Crippen molar-refractivity contribution in [3.05, 3.63) is 30.3 Å². The molecule has 0 amide bonds. The van der Waals surface area contributed by atoms with Gasteiger partial charge in [0.2, 0.25) is 0 Å². The van der Waals surface area contributed by atoms with Crippen LogP contribution in [-0.2, 0) is 0 Å². The van der Waals surface area contributed by atoms with E-state index < -0.39 is 14.7 Å². The fraction of sp³-hybridized carbons (Fsp3) is 0.455. The molecule has 12 heavy (non-hydrogen) atoms. The van der Waals surface area contributed by atoms with Crippen molar-refractivity contribution in [3.63, 3.8) is 0 Å². The predicted molar refractivity (Wildman–Crippen MR) is 57.4 cm³/mol. The van der Waals surface area contributed by atoms with Crippen LogP contribution >= 0.6 is 0 Å². The van der Waals surface area contributed by atoms with E-state index >= 15 is 0 Å². The van der Waals surface area contributed by atoms with Gasteiger partial charge in [0.05, 0.1) is 0 Å². The zero-order valence-corrected chi connectivity index (χ0v) is 9.83. The second-order valence-corrected chi connectivity index (χ2v) is 8.06. The van der Waals surface area contributed by atoms with Crippen LogP contribution in [0, 0.1) is 0 Å². The minimum atomic E-state index is -0.643. The zero-order chi connectivity index (χ0) is 8.81. The van der Waals surface area contributed by atoms with Crippen LogP contribution in [0.3, 0.4) is 0 Å². The summed E-state index contributed by atoms with van der Waals surface area (Å²) in [5.41, 5.74) is 2.46. The third-order valence-corrected chi connectivity index (χ3v) is 6.59. The molecule has 0 saturated heterocycles. The molecule has 0 fully saturated rings. The van der Waals surface area contributed by atoms with Crippen LogP contribution in [0.15, 0.2) is 30.3 Å². The van der Waals surface area contributed by atoms with Crippen molar-refractivity contribution >= 4 is 19.0 Å². The topological polar surface area (TPSA) is 0 Å². The maximum absolute atomic E-state index is 2.46. The molecule has 1 aromatic rings. The van der Waals surface area contributed by atoms with Crippen molar-refractivity contribution in [2.75, 3.05) is 0 Å². The van der Waals surface area contributed by atoms with E-state index in [1.165, 1.54) is 18.1 Å². The third-order valence-electron chi connectivity index (χ3n) is 2.04. The summed E-state index contributed by atoms with van der Waals surface area (Å²) in [4.78, 5) is 0. The van der Waals surface area contributed by atoms with E-state index in [0.717, 1.165) is 0 Å². The van der Waals surface area contributed by atoms with Gasteiger partial charge in [-0.1, -0.05) is 0 Å². The Hall–Kier alpha value is -0.222. The molecular formula is C11H17As. The molecule has 0 aromatic heterocycles. The average Bonchev–Trinajstić information content (AvgIpc) is 2.15. The van der Waals surface area contributed by atoms with Gasteiger partial charge in [0.1, 0.15) is 0 Å². The Morgan fingerprint density at radius 2 is 1.83 bits per heavy atom. The molecule has 0 saturated carbocycles. The van der Waals surface area contributed by atoms with Gasteiger partial charge >= 0.3 is 80.0 Å². The Morgan fingerprint density at radius 1 is 1.17 bits per heavy atom. The quantitative estimate of drug-likeness (QED) is 0.690. The minimum absolute atomic E-state index is 0.643. The first-order valence-electron chi connectivity index (χ1n) is 4.60. The van der Waals surface area contributed by atoms with Gasteiger partial charge in [0.15, 0.2) is 0 Å². The summed E-state index contributed by atoms with van der Waals surface area (Å²) in [6, 6.07) is 11.0. The second kappa shape index (κ2) is 5.43. The van der Waals surface area contributed by atoms with Gasteiger partial charge in [-0.3, -0.25) is 0 Å². The van der Waals surface area contributed by atoms with Gasteiger partial charge in [-0.2, -0.15) is 0 Å². The number of hydrogen-bond acceptors (Lipinski definition) is 0. The van der Waals surface area contributed by atoms with Gasteiger partial charge in [0.25, 0.3) is 0 Å². The molecule has 1 atom stereocenters. The maximum atomic E-state index is 2.46. The molecule has 1 rings (SSSR count). The molecule has 0 N–H and O–H groups in total. The molecule has 0 radical (unpaired) electrons. The van der Waals surface area contributed by atoms with E-state index in [1.54, 1.807) is 4.35 Å². The molecule has 0 bridgehead atoms. The molecule has 0 aliphatic heterocycles. The second-order valence-electron chi connectivity index (χ2n) is 3.11. The molecule has 0 spiro atoms. The average molecular weight is 224 g/mol. The Labute approximate surface area is 80.3 Å². The molecule has 0 heterocycles. The van der Waals surface area contributed by atoms with Crippen molar-refractivity contribution in [1.29, 1.82) is 0 Å². The van der Waals surface area contributed by atoms with Gasteiger partial charge in [0, 0.05) is 0 Å². The Kier molecular flexibility index (Phi) is 4.46. The summed E-state index contributed by atoms with van der Waals surface area (Å²) >= 11 is -0.643. The first-order chi connectivity index (χ1) is 5.84. The van der Waals surface area contributed by atoms with Crippen molar-refractivity contribution in [1.82, 2.24) is 0 Å². The van der Waals surface area contributed by atoms with Gasteiger partial charge in [-0.25, -0.2) is 0 Å². The molecule has 1 aromatic carbocycles. The summed E-state index contributed by atoms with van der Waals surface area (Å²) in [6.45, 7) is 2.27. The number of benzene rings is 1. The monoisotopic (exact) mass is 224 g/mol. The summed E-state index contributed by atoms with van der Waals surface area (Å²) < 4.78 is 1.62.